The van der Waals surface area contributed by atoms with Crippen molar-refractivity contribution in [3.63, 3.8) is 0 Å². The number of aliphatic hydroxyl groups excluding tert-OH is 2. The second-order valence-electron chi connectivity index (χ2n) is 3.82. The van der Waals surface area contributed by atoms with E-state index in [0.29, 0.717) is 23.4 Å². The van der Waals surface area contributed by atoms with Crippen LogP contribution in [0, 0.1) is 0 Å². The summed E-state index contributed by atoms with van der Waals surface area (Å²) in [4.78, 5) is 7.15. The topological polar surface area (TPSA) is 69.1 Å². The Bertz CT molecular complexity index is 517. The fraction of sp³-hybridized carbons (Fsp3) is 0.364. The summed E-state index contributed by atoms with van der Waals surface area (Å²) in [5, 5.41) is 20.6. The number of aromatic nitrogens is 2. The highest BCUT2D eigenvalue weighted by Crippen LogP contribution is 2.28. The van der Waals surface area contributed by atoms with Crippen molar-refractivity contribution in [1.29, 1.82) is 0 Å². The van der Waals surface area contributed by atoms with Gasteiger partial charge in [0.25, 0.3) is 0 Å². The van der Waals surface area contributed by atoms with Gasteiger partial charge in [-0.3, -0.25) is 0 Å². The molecule has 4 nitrogen and oxygen atoms in total. The average molecular weight is 317 g/mol. The molecule has 0 amide bonds. The highest BCUT2D eigenvalue weighted by atomic mass is 79.9. The molecule has 0 saturated carbocycles. The molecule has 0 spiro atoms. The van der Waals surface area contributed by atoms with E-state index in [1.807, 2.05) is 6.07 Å². The first-order valence-corrected chi connectivity index (χ1v) is 6.65. The Balaban J connectivity index is 2.38. The van der Waals surface area contributed by atoms with Crippen LogP contribution in [0.2, 0.25) is 0 Å². The third kappa shape index (κ3) is 2.65. The van der Waals surface area contributed by atoms with Crippen molar-refractivity contribution in [2.24, 2.45) is 0 Å². The van der Waals surface area contributed by atoms with Gasteiger partial charge in [-0.05, 0) is 34.2 Å². The molecule has 0 fully saturated rings. The second-order valence-corrected chi connectivity index (χ2v) is 5.18. The van der Waals surface area contributed by atoms with Gasteiger partial charge in [0.2, 0.25) is 0 Å². The molecule has 0 aliphatic heterocycles. The van der Waals surface area contributed by atoms with Gasteiger partial charge in [-0.2, -0.15) is 12.6 Å². The summed E-state index contributed by atoms with van der Waals surface area (Å²) in [5.41, 5.74) is 1.35. The Morgan fingerprint density at radius 3 is 2.94 bits per heavy atom. The molecule has 0 radical (unpaired) electrons. The SMILES string of the molecule is OC(CCS)C(O)c1c[nH]c2ncc(Br)cc12. The highest BCUT2D eigenvalue weighted by molar-refractivity contribution is 9.10. The number of hydrogen-bond donors (Lipinski definition) is 4. The molecule has 17 heavy (non-hydrogen) atoms. The molecule has 2 unspecified atom stereocenters. The molecule has 6 heteroatoms. The van der Waals surface area contributed by atoms with E-state index < -0.39 is 12.2 Å². The van der Waals surface area contributed by atoms with Crippen molar-refractivity contribution in [3.05, 3.63) is 28.5 Å². The van der Waals surface area contributed by atoms with Crippen LogP contribution >= 0.6 is 28.6 Å². The maximum absolute atomic E-state index is 10.1. The number of hydrogen-bond acceptors (Lipinski definition) is 4. The third-order valence-corrected chi connectivity index (χ3v) is 3.33. The van der Waals surface area contributed by atoms with Crippen molar-refractivity contribution in [2.45, 2.75) is 18.6 Å². The van der Waals surface area contributed by atoms with Gasteiger partial charge in [0, 0.05) is 27.8 Å². The third-order valence-electron chi connectivity index (χ3n) is 2.64. The first-order chi connectivity index (χ1) is 8.13. The molecule has 3 N–H and O–H groups in total. The minimum atomic E-state index is -0.924. The number of aliphatic hydroxyl groups is 2. The Morgan fingerprint density at radius 1 is 1.47 bits per heavy atom. The van der Waals surface area contributed by atoms with Gasteiger partial charge >= 0.3 is 0 Å². The molecule has 0 aliphatic rings. The fourth-order valence-electron chi connectivity index (χ4n) is 1.74. The van der Waals surface area contributed by atoms with Crippen LogP contribution in [0.15, 0.2) is 22.9 Å². The van der Waals surface area contributed by atoms with Crippen LogP contribution in [0.3, 0.4) is 0 Å². The van der Waals surface area contributed by atoms with Crippen LogP contribution in [0.5, 0.6) is 0 Å². The van der Waals surface area contributed by atoms with Crippen LogP contribution in [-0.2, 0) is 0 Å². The van der Waals surface area contributed by atoms with Gasteiger partial charge < -0.3 is 15.2 Å². The van der Waals surface area contributed by atoms with Gasteiger partial charge in [-0.1, -0.05) is 0 Å². The molecular weight excluding hydrogens is 304 g/mol. The number of thiol groups is 1. The van der Waals surface area contributed by atoms with Gasteiger partial charge in [0.05, 0.1) is 6.10 Å². The Morgan fingerprint density at radius 2 is 2.24 bits per heavy atom. The Hall–Kier alpha value is -0.560. The van der Waals surface area contributed by atoms with E-state index in [1.54, 1.807) is 12.4 Å². The summed E-state index contributed by atoms with van der Waals surface area (Å²) in [6.07, 6.45) is 2.06. The predicted molar refractivity (Wildman–Crippen MR) is 73.2 cm³/mol. The summed E-state index contributed by atoms with van der Waals surface area (Å²) in [6.45, 7) is 0. The van der Waals surface area contributed by atoms with E-state index >= 15 is 0 Å². The monoisotopic (exact) mass is 316 g/mol. The van der Waals surface area contributed by atoms with Crippen LogP contribution in [0.1, 0.15) is 18.1 Å². The van der Waals surface area contributed by atoms with Crippen molar-refractivity contribution in [3.8, 4) is 0 Å². The van der Waals surface area contributed by atoms with Gasteiger partial charge in [-0.25, -0.2) is 4.98 Å². The quantitative estimate of drug-likeness (QED) is 0.652. The molecule has 2 aromatic heterocycles. The molecular formula is C11H13BrN2O2S. The maximum Gasteiger partial charge on any atom is 0.137 e. The zero-order chi connectivity index (χ0) is 12.4. The number of pyridine rings is 1. The Labute approximate surface area is 113 Å². The highest BCUT2D eigenvalue weighted by Gasteiger charge is 2.21. The van der Waals surface area contributed by atoms with E-state index in [9.17, 15) is 10.2 Å². The minimum Gasteiger partial charge on any atom is -0.390 e. The number of H-pyrrole nitrogens is 1. The van der Waals surface area contributed by atoms with Crippen LogP contribution in [-0.4, -0.2) is 32.0 Å². The molecule has 2 heterocycles. The van der Waals surface area contributed by atoms with Crippen molar-refractivity contribution >= 4 is 39.6 Å². The standard InChI is InChI=1S/C11H13BrN2O2S/c12-6-3-7-8(5-14-11(7)13-4-6)10(16)9(15)1-2-17/h3-5,9-10,15-17H,1-2H2,(H,13,14). The lowest BCUT2D eigenvalue weighted by atomic mass is 10.0. The average Bonchev–Trinajstić information content (AvgIpc) is 2.71. The predicted octanol–water partition coefficient (Wildman–Crippen LogP) is 2.04. The number of halogens is 1. The normalized spacial score (nSPS) is 15.1. The minimum absolute atomic E-state index is 0.443. The lowest BCUT2D eigenvalue weighted by molar-refractivity contribution is 0.0181. The van der Waals surface area contributed by atoms with Crippen molar-refractivity contribution < 1.29 is 10.2 Å². The van der Waals surface area contributed by atoms with Crippen molar-refractivity contribution in [1.82, 2.24) is 9.97 Å². The summed E-state index contributed by atoms with van der Waals surface area (Å²) in [7, 11) is 0. The molecule has 2 aromatic rings. The molecule has 0 bridgehead atoms. The lowest BCUT2D eigenvalue weighted by Crippen LogP contribution is -2.18. The zero-order valence-electron chi connectivity index (χ0n) is 8.97. The second kappa shape index (κ2) is 5.39. The number of nitrogens with zero attached hydrogens (tertiary/aromatic N) is 1. The van der Waals surface area contributed by atoms with Crippen molar-refractivity contribution in [2.75, 3.05) is 5.75 Å². The first kappa shape index (κ1) is 12.9. The van der Waals surface area contributed by atoms with Gasteiger partial charge in [0.1, 0.15) is 11.8 Å². The lowest BCUT2D eigenvalue weighted by Gasteiger charge is -2.16. The summed E-state index contributed by atoms with van der Waals surface area (Å²) in [5.74, 6) is 0.530. The van der Waals surface area contributed by atoms with E-state index in [-0.39, 0.29) is 0 Å². The summed E-state index contributed by atoms with van der Waals surface area (Å²) in [6, 6.07) is 1.87. The molecule has 0 aromatic carbocycles. The fourth-order valence-corrected chi connectivity index (χ4v) is 2.34. The summed E-state index contributed by atoms with van der Waals surface area (Å²) < 4.78 is 0.835. The number of aromatic amines is 1. The van der Waals surface area contributed by atoms with Gasteiger partial charge in [0.15, 0.2) is 0 Å². The molecule has 2 atom stereocenters. The Kier molecular flexibility index (Phi) is 4.09. The van der Waals surface area contributed by atoms with E-state index in [2.05, 4.69) is 38.5 Å². The molecule has 2 rings (SSSR count). The van der Waals surface area contributed by atoms with E-state index in [0.717, 1.165) is 9.86 Å². The van der Waals surface area contributed by atoms with Crippen LogP contribution in [0.25, 0.3) is 11.0 Å². The first-order valence-electron chi connectivity index (χ1n) is 5.23. The number of nitrogens with one attached hydrogen (secondary N) is 1. The van der Waals surface area contributed by atoms with Crippen LogP contribution in [0.4, 0.5) is 0 Å². The molecule has 0 aliphatic carbocycles. The largest absolute Gasteiger partial charge is 0.390 e. The molecule has 92 valence electrons. The van der Waals surface area contributed by atoms with E-state index in [4.69, 9.17) is 0 Å². The van der Waals surface area contributed by atoms with Crippen LogP contribution < -0.4 is 0 Å². The van der Waals surface area contributed by atoms with Gasteiger partial charge in [-0.15, -0.1) is 0 Å². The smallest absolute Gasteiger partial charge is 0.137 e. The number of fused-ring (bicyclic) bond motifs is 1. The summed E-state index contributed by atoms with van der Waals surface area (Å²) >= 11 is 7.38. The number of rotatable bonds is 4. The maximum atomic E-state index is 10.1. The molecule has 0 saturated heterocycles. The van der Waals surface area contributed by atoms with E-state index in [1.165, 1.54) is 0 Å². The zero-order valence-corrected chi connectivity index (χ0v) is 11.4.